The molecule has 0 saturated carbocycles. The molecule has 0 amide bonds. The Morgan fingerprint density at radius 1 is 0.217 bits per heavy atom. The monoisotopic (exact) mass is 580 g/mol. The third-order valence-corrected chi connectivity index (χ3v) is 9.99. The number of fused-ring (bicyclic) bond motifs is 11. The molecule has 212 valence electrons. The van der Waals surface area contributed by atoms with Crippen LogP contribution in [-0.2, 0) is 0 Å². The predicted octanol–water partition coefficient (Wildman–Crippen LogP) is 13.1. The molecule has 0 unspecified atom stereocenters. The van der Waals surface area contributed by atoms with Crippen LogP contribution in [0.4, 0.5) is 0 Å². The summed E-state index contributed by atoms with van der Waals surface area (Å²) in [5.41, 5.74) is 5.02. The molecule has 0 aliphatic rings. The normalized spacial score (nSPS) is 11.9. The lowest BCUT2D eigenvalue weighted by Gasteiger charge is -2.14. The van der Waals surface area contributed by atoms with Gasteiger partial charge in [0.25, 0.3) is 0 Å². The highest BCUT2D eigenvalue weighted by molar-refractivity contribution is 6.23. The third-order valence-electron chi connectivity index (χ3n) is 9.99. The molecule has 0 N–H and O–H groups in total. The van der Waals surface area contributed by atoms with Crippen molar-refractivity contribution in [2.24, 2.45) is 0 Å². The molecule has 0 aromatic heterocycles. The molecule has 0 bridgehead atoms. The average molecular weight is 581 g/mol. The van der Waals surface area contributed by atoms with Gasteiger partial charge in [0.2, 0.25) is 0 Å². The Hall–Kier alpha value is -5.98. The van der Waals surface area contributed by atoms with E-state index in [-0.39, 0.29) is 0 Å². The van der Waals surface area contributed by atoms with Crippen molar-refractivity contribution in [2.75, 3.05) is 0 Å². The highest BCUT2D eigenvalue weighted by Crippen LogP contribution is 2.40. The summed E-state index contributed by atoms with van der Waals surface area (Å²) in [6.07, 6.45) is 0. The van der Waals surface area contributed by atoms with Crippen molar-refractivity contribution in [1.29, 1.82) is 0 Å². The van der Waals surface area contributed by atoms with E-state index < -0.39 is 0 Å². The molecule has 0 aliphatic heterocycles. The average Bonchev–Trinajstić information content (AvgIpc) is 3.13. The standard InChI is InChI=1S/C46H28/c1-3-9-39-30(7-1)17-19-32-23-25-41-37(11-5-13-43(41)45(32)39)34-21-15-29-16-22-35(28-36(29)27-34)38-12-6-14-44-42(38)26-24-33-20-18-31-8-2-4-10-40(31)46(33)44/h1-28H. The van der Waals surface area contributed by atoms with Gasteiger partial charge in [0.05, 0.1) is 0 Å². The first-order valence-corrected chi connectivity index (χ1v) is 16.0. The van der Waals surface area contributed by atoms with E-state index in [9.17, 15) is 0 Å². The van der Waals surface area contributed by atoms with Gasteiger partial charge in [0.1, 0.15) is 0 Å². The van der Waals surface area contributed by atoms with E-state index in [1.165, 1.54) is 97.7 Å². The van der Waals surface area contributed by atoms with E-state index in [0.29, 0.717) is 0 Å². The Morgan fingerprint density at radius 3 is 1.15 bits per heavy atom. The number of rotatable bonds is 2. The summed E-state index contributed by atoms with van der Waals surface area (Å²) < 4.78 is 0. The molecule has 0 aliphatic carbocycles. The van der Waals surface area contributed by atoms with E-state index >= 15 is 0 Å². The first-order valence-electron chi connectivity index (χ1n) is 16.0. The van der Waals surface area contributed by atoms with Crippen LogP contribution in [0.15, 0.2) is 170 Å². The molecular formula is C46H28. The van der Waals surface area contributed by atoms with Gasteiger partial charge in [-0.3, -0.25) is 0 Å². The van der Waals surface area contributed by atoms with Crippen LogP contribution in [0, 0.1) is 0 Å². The Balaban J connectivity index is 1.16. The maximum Gasteiger partial charge on any atom is -0.00266 e. The van der Waals surface area contributed by atoms with Crippen molar-refractivity contribution in [3.63, 3.8) is 0 Å². The van der Waals surface area contributed by atoms with Crippen molar-refractivity contribution in [1.82, 2.24) is 0 Å². The largest absolute Gasteiger partial charge is 0.0616 e. The summed E-state index contributed by atoms with van der Waals surface area (Å²) in [5, 5.41) is 18.1. The zero-order valence-corrected chi connectivity index (χ0v) is 25.2. The highest BCUT2D eigenvalue weighted by Gasteiger charge is 2.12. The lowest BCUT2D eigenvalue weighted by molar-refractivity contribution is 1.67. The highest BCUT2D eigenvalue weighted by atomic mass is 14.2. The third kappa shape index (κ3) is 3.74. The van der Waals surface area contributed by atoms with Crippen molar-refractivity contribution >= 4 is 75.4 Å². The molecule has 0 heteroatoms. The smallest absolute Gasteiger partial charge is 0.00266 e. The number of benzene rings is 10. The molecule has 0 heterocycles. The fraction of sp³-hybridized carbons (Fsp3) is 0. The Bertz CT molecular complexity index is 2660. The number of hydrogen-bond donors (Lipinski definition) is 0. The molecule has 10 aromatic rings. The molecular weight excluding hydrogens is 553 g/mol. The van der Waals surface area contributed by atoms with Gasteiger partial charge in [-0.05, 0) is 110 Å². The lowest BCUT2D eigenvalue weighted by Crippen LogP contribution is -1.87. The van der Waals surface area contributed by atoms with Crippen LogP contribution in [-0.4, -0.2) is 0 Å². The van der Waals surface area contributed by atoms with Crippen molar-refractivity contribution in [3.8, 4) is 22.3 Å². The fourth-order valence-electron chi connectivity index (χ4n) is 7.81. The second kappa shape index (κ2) is 9.76. The van der Waals surface area contributed by atoms with Gasteiger partial charge in [-0.15, -0.1) is 0 Å². The van der Waals surface area contributed by atoms with Crippen LogP contribution in [0.3, 0.4) is 0 Å². The molecule has 10 rings (SSSR count). The van der Waals surface area contributed by atoms with Gasteiger partial charge in [-0.25, -0.2) is 0 Å². The van der Waals surface area contributed by atoms with Crippen LogP contribution in [0.5, 0.6) is 0 Å². The van der Waals surface area contributed by atoms with Gasteiger partial charge in [-0.1, -0.05) is 158 Å². The molecule has 0 fully saturated rings. The predicted molar refractivity (Wildman–Crippen MR) is 200 cm³/mol. The summed E-state index contributed by atoms with van der Waals surface area (Å²) in [5.74, 6) is 0. The molecule has 46 heavy (non-hydrogen) atoms. The summed E-state index contributed by atoms with van der Waals surface area (Å²) in [6, 6.07) is 62.9. The van der Waals surface area contributed by atoms with E-state index in [0.717, 1.165) is 0 Å². The zero-order chi connectivity index (χ0) is 30.2. The van der Waals surface area contributed by atoms with Crippen LogP contribution in [0.25, 0.3) is 97.7 Å². The minimum atomic E-state index is 1.24. The summed E-state index contributed by atoms with van der Waals surface area (Å²) in [7, 11) is 0. The van der Waals surface area contributed by atoms with Gasteiger partial charge < -0.3 is 0 Å². The van der Waals surface area contributed by atoms with E-state index in [4.69, 9.17) is 0 Å². The quantitative estimate of drug-likeness (QED) is 0.178. The maximum absolute atomic E-state index is 2.37. The minimum Gasteiger partial charge on any atom is -0.0616 e. The second-order valence-electron chi connectivity index (χ2n) is 12.5. The lowest BCUT2D eigenvalue weighted by atomic mass is 9.90. The Morgan fingerprint density at radius 2 is 0.630 bits per heavy atom. The fourth-order valence-corrected chi connectivity index (χ4v) is 7.81. The minimum absolute atomic E-state index is 1.24. The molecule has 0 spiro atoms. The summed E-state index contributed by atoms with van der Waals surface area (Å²) >= 11 is 0. The number of hydrogen-bond acceptors (Lipinski definition) is 0. The van der Waals surface area contributed by atoms with Gasteiger partial charge in [0, 0.05) is 0 Å². The van der Waals surface area contributed by atoms with Gasteiger partial charge in [-0.2, -0.15) is 0 Å². The van der Waals surface area contributed by atoms with Crippen LogP contribution in [0.2, 0.25) is 0 Å². The second-order valence-corrected chi connectivity index (χ2v) is 12.5. The topological polar surface area (TPSA) is 0 Å². The SMILES string of the molecule is c1ccc2c(c1)ccc1ccc3c(-c4ccc5ccc(-c6cccc7c6ccc6ccc8ccccc8c67)cc5c4)cccc3c12. The molecule has 0 saturated heterocycles. The molecule has 0 nitrogen and oxygen atoms in total. The van der Waals surface area contributed by atoms with Crippen molar-refractivity contribution < 1.29 is 0 Å². The zero-order valence-electron chi connectivity index (χ0n) is 25.2. The first-order chi connectivity index (χ1) is 22.8. The molecule has 0 radical (unpaired) electrons. The summed E-state index contributed by atoms with van der Waals surface area (Å²) in [6.45, 7) is 0. The molecule has 10 aromatic carbocycles. The van der Waals surface area contributed by atoms with Crippen molar-refractivity contribution in [3.05, 3.63) is 170 Å². The van der Waals surface area contributed by atoms with Crippen LogP contribution in [0.1, 0.15) is 0 Å². The Labute approximate surface area is 266 Å². The van der Waals surface area contributed by atoms with E-state index in [2.05, 4.69) is 170 Å². The van der Waals surface area contributed by atoms with Gasteiger partial charge >= 0.3 is 0 Å². The van der Waals surface area contributed by atoms with Crippen LogP contribution >= 0.6 is 0 Å². The first kappa shape index (κ1) is 25.4. The Kier molecular flexibility index (Phi) is 5.38. The van der Waals surface area contributed by atoms with Crippen molar-refractivity contribution in [2.45, 2.75) is 0 Å². The maximum atomic E-state index is 2.37. The summed E-state index contributed by atoms with van der Waals surface area (Å²) in [4.78, 5) is 0. The van der Waals surface area contributed by atoms with E-state index in [1.54, 1.807) is 0 Å². The van der Waals surface area contributed by atoms with Gasteiger partial charge in [0.15, 0.2) is 0 Å². The van der Waals surface area contributed by atoms with E-state index in [1.807, 2.05) is 0 Å². The molecule has 0 atom stereocenters. The van der Waals surface area contributed by atoms with Crippen LogP contribution < -0.4 is 0 Å².